The number of hydrogen-bond donors (Lipinski definition) is 0. The average Bonchev–Trinajstić information content (AvgIpc) is 0.885. The molecule has 0 aromatic heterocycles. The van der Waals surface area contributed by atoms with Gasteiger partial charge in [-0.05, 0) is 387 Å². The Kier molecular flexibility index (Phi) is 51.5. The molecule has 0 nitrogen and oxygen atoms in total. The van der Waals surface area contributed by atoms with Crippen molar-refractivity contribution in [1.29, 1.82) is 0 Å². The molecule has 12 aliphatic rings. The topological polar surface area (TPSA) is 0 Å². The van der Waals surface area contributed by atoms with Gasteiger partial charge >= 0.3 is 0 Å². The Labute approximate surface area is 716 Å². The molecule has 0 N–H and O–H groups in total. The third kappa shape index (κ3) is 37.3. The lowest BCUT2D eigenvalue weighted by atomic mass is 9.68. The molecule has 0 amide bonds. The van der Waals surface area contributed by atoms with E-state index in [2.05, 4.69) is 130 Å². The van der Waals surface area contributed by atoms with Crippen LogP contribution in [0.1, 0.15) is 503 Å². The molecule has 0 spiro atoms. The largest absolute Gasteiger partial charge is 0.103 e. The van der Waals surface area contributed by atoms with Crippen LogP contribution < -0.4 is 0 Å². The zero-order valence-electron chi connectivity index (χ0n) is 76.7. The molecule has 12 fully saturated rings. The number of allylic oxidation sites excluding steroid dienone is 8. The molecule has 0 unspecified atom stereocenters. The van der Waals surface area contributed by atoms with Gasteiger partial charge in [-0.2, -0.15) is 0 Å². The van der Waals surface area contributed by atoms with Gasteiger partial charge in [0.1, 0.15) is 0 Å². The van der Waals surface area contributed by atoms with Crippen LogP contribution in [-0.2, 0) is 0 Å². The van der Waals surface area contributed by atoms with E-state index in [0.29, 0.717) is 0 Å². The Hall–Kier alpha value is -1.56. The minimum absolute atomic E-state index is 0. The van der Waals surface area contributed by atoms with Gasteiger partial charge in [-0.25, -0.2) is 0 Å². The van der Waals surface area contributed by atoms with Crippen molar-refractivity contribution in [2.45, 2.75) is 486 Å². The van der Waals surface area contributed by atoms with Gasteiger partial charge in [0.2, 0.25) is 0 Å². The van der Waals surface area contributed by atoms with Crippen LogP contribution in [-0.4, -0.2) is 0 Å². The molecule has 666 valence electrons. The number of rotatable bonds is 31. The predicted octanol–water partition coefficient (Wildman–Crippen LogP) is 40.0. The van der Waals surface area contributed by atoms with E-state index < -0.39 is 0 Å². The first-order chi connectivity index (χ1) is 54.5. The van der Waals surface area contributed by atoms with Crippen molar-refractivity contribution in [2.24, 2.45) is 142 Å². The monoisotopic (exact) mass is 1560 g/mol. The van der Waals surface area contributed by atoms with Crippen LogP contribution in [0.3, 0.4) is 0 Å². The molecule has 0 bridgehead atoms. The Bertz CT molecular complexity index is 2310. The first-order valence-corrected chi connectivity index (χ1v) is 52.2. The minimum Gasteiger partial charge on any atom is -0.103 e. The average molecular weight is 1560 g/mol. The third-order valence-electron chi connectivity index (χ3n) is 34.6. The van der Waals surface area contributed by atoms with Gasteiger partial charge in [-0.15, -0.1) is 26.3 Å². The van der Waals surface area contributed by atoms with Crippen molar-refractivity contribution in [1.82, 2.24) is 0 Å². The fourth-order valence-electron chi connectivity index (χ4n) is 26.9. The summed E-state index contributed by atoms with van der Waals surface area (Å²) in [6.45, 7) is 34.1. The lowest BCUT2D eigenvalue weighted by molar-refractivity contribution is 0.141. The predicted molar refractivity (Wildman–Crippen MR) is 523 cm³/mol. The Morgan fingerprint density at radius 2 is 0.414 bits per heavy atom. The Morgan fingerprint density at radius 1 is 0.207 bits per heavy atom. The second kappa shape index (κ2) is 59.2. The highest BCUT2D eigenvalue weighted by Crippen LogP contribution is 2.50. The summed E-state index contributed by atoms with van der Waals surface area (Å²) >= 11 is 0. The molecule has 12 aliphatic carbocycles. The van der Waals surface area contributed by atoms with E-state index in [-0.39, 0.29) is 17.1 Å². The highest BCUT2D eigenvalue weighted by Gasteiger charge is 2.37. The zero-order valence-corrected chi connectivity index (χ0v) is 76.7. The molecule has 0 radical (unpaired) electrons. The quantitative estimate of drug-likeness (QED) is 0.0479. The lowest BCUT2D eigenvalue weighted by Gasteiger charge is -2.38. The molecular weight excluding hydrogens is 1330 g/mol. The molecular formula is C111H222. The van der Waals surface area contributed by atoms with Crippen LogP contribution in [0.15, 0.2) is 74.9 Å². The summed E-state index contributed by atoms with van der Waals surface area (Å²) in [6, 6.07) is 0. The van der Waals surface area contributed by atoms with E-state index in [0.717, 1.165) is 142 Å². The van der Waals surface area contributed by atoms with Crippen molar-refractivity contribution >= 4 is 0 Å². The normalized spacial score (nSPS) is 36.9. The molecule has 12 saturated carbocycles. The summed E-state index contributed by atoms with van der Waals surface area (Å²) < 4.78 is 0. The highest BCUT2D eigenvalue weighted by atomic mass is 14.4. The highest BCUT2D eigenvalue weighted by molar-refractivity contribution is 4.94. The van der Waals surface area contributed by atoms with Gasteiger partial charge in [0, 0.05) is 17.1 Å². The first kappa shape index (κ1) is 96.6. The third-order valence-corrected chi connectivity index (χ3v) is 34.6. The smallest absolute Gasteiger partial charge is 0 e. The molecule has 0 aliphatic heterocycles. The molecule has 0 atom stereocenters. The number of hydrogen-bond acceptors (Lipinski definition) is 0. The van der Waals surface area contributed by atoms with Gasteiger partial charge in [0.05, 0.1) is 0 Å². The van der Waals surface area contributed by atoms with E-state index in [1.54, 1.807) is 77.0 Å². The van der Waals surface area contributed by atoms with Crippen LogP contribution in [0.2, 0.25) is 0 Å². The summed E-state index contributed by atoms with van der Waals surface area (Å²) in [7, 11) is 0. The van der Waals surface area contributed by atoms with Gasteiger partial charge in [-0.1, -0.05) is 289 Å². The number of unbranched alkanes of at least 4 members (excludes halogenated alkanes) is 3. The maximum Gasteiger partial charge on any atom is 0 e. The van der Waals surface area contributed by atoms with Gasteiger partial charge in [0.15, 0.2) is 0 Å². The molecule has 0 aromatic rings. The van der Waals surface area contributed by atoms with Gasteiger partial charge in [-0.3, -0.25) is 0 Å². The molecule has 0 heterocycles. The summed E-state index contributed by atoms with van der Waals surface area (Å²) in [4.78, 5) is 0. The summed E-state index contributed by atoms with van der Waals surface area (Å²) in [6.07, 6.45) is 118. The summed E-state index contributed by atoms with van der Waals surface area (Å²) in [5.74, 6) is 24.9. The van der Waals surface area contributed by atoms with Gasteiger partial charge in [0.25, 0.3) is 0 Å². The maximum absolute atomic E-state index is 3.97. The molecule has 111 heavy (non-hydrogen) atoms. The van der Waals surface area contributed by atoms with Crippen LogP contribution in [0.5, 0.6) is 0 Å². The lowest BCUT2D eigenvalue weighted by Crippen LogP contribution is -2.25. The fraction of sp³-hybridized carbons (Fsp3) is 0.892. The standard InChI is InChI=1S/C20H36.2C19H34.2C18H32.C17H30.12H2/c1-3-5-6-8-18-11-15-20(16-12-18)19-13-9-17(7-4-2)10-14-19;1-3-5-6-7-17-10-14-19(15-11-17)18-12-8-16(4-2)9-13-18;1-3-5-7-17-10-14-19(15-11-17)18-12-8-16(6-4-2)9-13-18;1-3-5-6-16-9-13-18(14-10-16)17-11-7-15(4-2)8-12-17;1-3-5-15-7-11-17(12-8-15)18-13-9-16(6-4-2)10-14-18;1-3-5-15-8-12-17(13-9-15)16-10-6-14(4-2)7-11-16;;;;;;;;;;;;/h3,5,17-20H,4,6-16H2,1-2H3;4,16-19H,2-3,5-15H2,1H3;3,16-19H,1,4-15H2,2H3;4,15-18H,2-3,5-14H2,1H3;3,5,15-18H,4,6-14H2,1-2H3;4,14-17H,2-3,5-13H2,1H3;12*1H/b5-3+;;;;5-3+;;;;;;;;;;;;;. The van der Waals surface area contributed by atoms with Crippen LogP contribution in [0, 0.1) is 142 Å². The van der Waals surface area contributed by atoms with E-state index >= 15 is 0 Å². The van der Waals surface area contributed by atoms with E-state index in [1.807, 2.05) is 0 Å². The second-order valence-corrected chi connectivity index (χ2v) is 42.0. The van der Waals surface area contributed by atoms with E-state index in [4.69, 9.17) is 0 Å². The van der Waals surface area contributed by atoms with Crippen molar-refractivity contribution in [2.75, 3.05) is 0 Å². The first-order valence-electron chi connectivity index (χ1n) is 52.2. The second-order valence-electron chi connectivity index (χ2n) is 42.0. The summed E-state index contributed by atoms with van der Waals surface area (Å²) in [5.41, 5.74) is 0. The van der Waals surface area contributed by atoms with Crippen molar-refractivity contribution < 1.29 is 17.1 Å². The molecule has 0 saturated heterocycles. The minimum atomic E-state index is 0. The van der Waals surface area contributed by atoms with Crippen LogP contribution in [0.4, 0.5) is 0 Å². The zero-order chi connectivity index (χ0) is 78.9. The SMILES string of the molecule is C/C=C/C1CCC(C2CCC(CCC)CC2)CC1.C/C=C/CCC1CCC(C2CCC(CCC)CC2)CC1.C=CC1CCC(C2CCC(CCC)CC2)CC1.C=CC1CCC(C2CCC(CCCC)CC2)CC1.C=CC1CCC(C2CCC(CCCCC)CC2)CC1.C=CCCC1CCC(C2CCC(CCC)CC2)CC1.[HH].[HH].[HH].[HH].[HH].[HH].[HH].[HH].[HH].[HH].[HH].[HH]. The van der Waals surface area contributed by atoms with Crippen LogP contribution >= 0.6 is 0 Å². The van der Waals surface area contributed by atoms with Crippen LogP contribution in [0.25, 0.3) is 0 Å². The van der Waals surface area contributed by atoms with Crippen molar-refractivity contribution in [3.05, 3.63) is 74.9 Å². The van der Waals surface area contributed by atoms with Crippen molar-refractivity contribution in [3.63, 3.8) is 0 Å². The van der Waals surface area contributed by atoms with E-state index in [1.165, 1.54) is 353 Å². The Balaban J connectivity index is -0.000000328. The fourth-order valence-corrected chi connectivity index (χ4v) is 26.9. The van der Waals surface area contributed by atoms with E-state index in [9.17, 15) is 0 Å². The molecule has 0 aromatic carbocycles. The van der Waals surface area contributed by atoms with Gasteiger partial charge < -0.3 is 0 Å². The summed E-state index contributed by atoms with van der Waals surface area (Å²) in [5, 5.41) is 0. The molecule has 0 heteroatoms. The Morgan fingerprint density at radius 3 is 0.622 bits per heavy atom. The maximum atomic E-state index is 3.97. The van der Waals surface area contributed by atoms with Crippen molar-refractivity contribution in [3.8, 4) is 0 Å². The molecule has 12 rings (SSSR count).